The van der Waals surface area contributed by atoms with Crippen molar-refractivity contribution >= 4 is 13.7 Å². The number of rotatable bonds is 47. The van der Waals surface area contributed by atoms with Crippen molar-refractivity contribution in [1.82, 2.24) is 5.32 Å². The van der Waals surface area contributed by atoms with Crippen LogP contribution in [0, 0.1) is 0 Å². The molecule has 0 radical (unpaired) electrons. The Morgan fingerprint density at radius 1 is 0.576 bits per heavy atom. The molecule has 0 bridgehead atoms. The Labute approximate surface area is 367 Å². The minimum atomic E-state index is -4.58. The van der Waals surface area contributed by atoms with Gasteiger partial charge in [-0.1, -0.05) is 231 Å². The fraction of sp³-hybridized carbons (Fsp3) is 0.940. The Kier molecular flexibility index (Phi) is 42.0. The number of nitrogens with zero attached hydrogens (tertiary/aromatic N) is 1. The summed E-state index contributed by atoms with van der Waals surface area (Å²) in [5.74, 6) is -0.183. The fourth-order valence-electron chi connectivity index (χ4n) is 7.68. The van der Waals surface area contributed by atoms with Gasteiger partial charge in [0.1, 0.15) is 13.2 Å². The standard InChI is InChI=1S/C50H101N2O6P/c1-6-8-10-12-14-16-18-20-21-22-23-24-25-26-27-28-29-30-32-34-36-38-40-42-44-50(54)51-48(47-58-59(55,56)57-46-45-52(3,4)5)49(53)43-41-39-37-35-33-31-19-17-15-13-11-9-7-2/h39,41,48-49,53H,6-38,40,42-47H2,1-5H3,(H-,51,54,55,56)/t48-,49+/m0/s1. The number of aliphatic hydroxyl groups excluding tert-OH is 1. The molecule has 0 aliphatic carbocycles. The van der Waals surface area contributed by atoms with Gasteiger partial charge in [0, 0.05) is 6.42 Å². The van der Waals surface area contributed by atoms with Crippen LogP contribution in [0.1, 0.15) is 251 Å². The van der Waals surface area contributed by atoms with E-state index >= 15 is 0 Å². The quantitative estimate of drug-likeness (QED) is 0.0273. The van der Waals surface area contributed by atoms with Crippen LogP contribution in [0.3, 0.4) is 0 Å². The maximum absolute atomic E-state index is 12.9. The van der Waals surface area contributed by atoms with Gasteiger partial charge < -0.3 is 28.8 Å². The van der Waals surface area contributed by atoms with Crippen LogP contribution in [0.15, 0.2) is 12.2 Å². The average molecular weight is 857 g/mol. The van der Waals surface area contributed by atoms with Gasteiger partial charge in [-0.2, -0.15) is 0 Å². The number of quaternary nitrogens is 1. The molecule has 2 N–H and O–H groups in total. The van der Waals surface area contributed by atoms with Crippen LogP contribution in [0.2, 0.25) is 0 Å². The second-order valence-electron chi connectivity index (χ2n) is 18.9. The number of amides is 1. The number of allylic oxidation sites excluding steroid dienone is 1. The van der Waals surface area contributed by atoms with E-state index < -0.39 is 20.0 Å². The lowest BCUT2D eigenvalue weighted by molar-refractivity contribution is -0.870. The van der Waals surface area contributed by atoms with Gasteiger partial charge in [-0.25, -0.2) is 0 Å². The molecule has 1 unspecified atom stereocenters. The van der Waals surface area contributed by atoms with Crippen LogP contribution in [-0.4, -0.2) is 68.5 Å². The summed E-state index contributed by atoms with van der Waals surface area (Å²) < 4.78 is 23.3. The summed E-state index contributed by atoms with van der Waals surface area (Å²) in [5, 5.41) is 13.9. The summed E-state index contributed by atoms with van der Waals surface area (Å²) in [6.07, 6.45) is 49.7. The van der Waals surface area contributed by atoms with E-state index in [4.69, 9.17) is 9.05 Å². The number of hydrogen-bond donors (Lipinski definition) is 2. The van der Waals surface area contributed by atoms with Crippen molar-refractivity contribution in [3.63, 3.8) is 0 Å². The number of unbranched alkanes of at least 4 members (excludes halogenated alkanes) is 33. The van der Waals surface area contributed by atoms with E-state index in [1.807, 2.05) is 27.2 Å². The zero-order valence-electron chi connectivity index (χ0n) is 40.0. The summed E-state index contributed by atoms with van der Waals surface area (Å²) in [7, 11) is 1.28. The second-order valence-corrected chi connectivity index (χ2v) is 20.3. The molecule has 0 saturated heterocycles. The Bertz CT molecular complexity index is 974. The minimum absolute atomic E-state index is 0.00508. The topological polar surface area (TPSA) is 108 Å². The second kappa shape index (κ2) is 42.5. The van der Waals surface area contributed by atoms with E-state index in [1.165, 1.54) is 193 Å². The van der Waals surface area contributed by atoms with Gasteiger partial charge in [0.15, 0.2) is 0 Å². The molecule has 0 rings (SSSR count). The zero-order chi connectivity index (χ0) is 43.6. The summed E-state index contributed by atoms with van der Waals surface area (Å²) in [6, 6.07) is -0.844. The van der Waals surface area contributed by atoms with Crippen molar-refractivity contribution in [3.8, 4) is 0 Å². The lowest BCUT2D eigenvalue weighted by atomic mass is 10.0. The molecule has 0 aliphatic rings. The van der Waals surface area contributed by atoms with Gasteiger partial charge in [0.2, 0.25) is 5.91 Å². The largest absolute Gasteiger partial charge is 0.756 e. The van der Waals surface area contributed by atoms with Crippen molar-refractivity contribution in [2.75, 3.05) is 40.9 Å². The van der Waals surface area contributed by atoms with E-state index in [0.717, 1.165) is 32.1 Å². The van der Waals surface area contributed by atoms with Gasteiger partial charge in [-0.3, -0.25) is 9.36 Å². The van der Waals surface area contributed by atoms with Gasteiger partial charge in [0.25, 0.3) is 7.82 Å². The number of nitrogens with one attached hydrogen (secondary N) is 1. The van der Waals surface area contributed by atoms with E-state index in [2.05, 4.69) is 25.2 Å². The van der Waals surface area contributed by atoms with Crippen LogP contribution < -0.4 is 10.2 Å². The third kappa shape index (κ3) is 45.1. The molecule has 0 heterocycles. The molecule has 0 aromatic heterocycles. The Hall–Kier alpha value is -0.760. The first kappa shape index (κ1) is 58.2. The Morgan fingerprint density at radius 3 is 1.31 bits per heavy atom. The van der Waals surface area contributed by atoms with Crippen LogP contribution in [0.25, 0.3) is 0 Å². The van der Waals surface area contributed by atoms with E-state index in [-0.39, 0.29) is 19.1 Å². The number of hydrogen-bond acceptors (Lipinski definition) is 6. The van der Waals surface area contributed by atoms with Gasteiger partial charge >= 0.3 is 0 Å². The molecule has 0 aromatic rings. The van der Waals surface area contributed by atoms with Crippen LogP contribution >= 0.6 is 7.82 Å². The fourth-order valence-corrected chi connectivity index (χ4v) is 8.40. The molecule has 8 nitrogen and oxygen atoms in total. The first-order chi connectivity index (χ1) is 28.5. The number of aliphatic hydroxyl groups is 1. The van der Waals surface area contributed by atoms with E-state index in [1.54, 1.807) is 0 Å². The zero-order valence-corrected chi connectivity index (χ0v) is 40.9. The number of carbonyl (C=O) groups excluding carboxylic acids is 1. The maximum Gasteiger partial charge on any atom is 0.268 e. The molecule has 9 heteroatoms. The summed E-state index contributed by atoms with van der Waals surface area (Å²) >= 11 is 0. The maximum atomic E-state index is 12.9. The summed E-state index contributed by atoms with van der Waals surface area (Å²) in [4.78, 5) is 25.4. The molecular formula is C50H101N2O6P. The minimum Gasteiger partial charge on any atom is -0.756 e. The Balaban J connectivity index is 4.17. The lowest BCUT2D eigenvalue weighted by Crippen LogP contribution is -2.46. The molecule has 0 saturated carbocycles. The highest BCUT2D eigenvalue weighted by Crippen LogP contribution is 2.38. The van der Waals surface area contributed by atoms with Crippen molar-refractivity contribution < 1.29 is 32.9 Å². The van der Waals surface area contributed by atoms with E-state index in [0.29, 0.717) is 23.9 Å². The highest BCUT2D eigenvalue weighted by Gasteiger charge is 2.24. The average Bonchev–Trinajstić information content (AvgIpc) is 3.19. The molecule has 0 aliphatic heterocycles. The molecule has 0 spiro atoms. The molecule has 0 aromatic carbocycles. The highest BCUT2D eigenvalue weighted by molar-refractivity contribution is 7.45. The van der Waals surface area contributed by atoms with Crippen molar-refractivity contribution in [2.45, 2.75) is 264 Å². The normalized spacial score (nSPS) is 14.2. The molecule has 3 atom stereocenters. The SMILES string of the molecule is CCCCCCCCCCCCC=CC[C@@H](O)[C@H](COP(=O)([O-])OCC[N+](C)(C)C)NC(=O)CCCCCCCCCCCCCCCCCCCCCCCCCC. The number of phosphoric acid groups is 1. The monoisotopic (exact) mass is 857 g/mol. The van der Waals surface area contributed by atoms with Crippen molar-refractivity contribution in [3.05, 3.63) is 12.2 Å². The van der Waals surface area contributed by atoms with Gasteiger partial charge in [-0.05, 0) is 25.7 Å². The highest BCUT2D eigenvalue weighted by atomic mass is 31.2. The first-order valence-electron chi connectivity index (χ1n) is 25.5. The lowest BCUT2D eigenvalue weighted by Gasteiger charge is -2.29. The molecule has 1 amide bonds. The predicted molar refractivity (Wildman–Crippen MR) is 252 cm³/mol. The summed E-state index contributed by atoms with van der Waals surface area (Å²) in [6.45, 7) is 4.69. The molecule has 352 valence electrons. The molecular weight excluding hydrogens is 756 g/mol. The van der Waals surface area contributed by atoms with Crippen LogP contribution in [0.5, 0.6) is 0 Å². The van der Waals surface area contributed by atoms with Crippen molar-refractivity contribution in [2.24, 2.45) is 0 Å². The van der Waals surface area contributed by atoms with Crippen LogP contribution in [0.4, 0.5) is 0 Å². The summed E-state index contributed by atoms with van der Waals surface area (Å²) in [5.41, 5.74) is 0. The van der Waals surface area contributed by atoms with Gasteiger partial charge in [-0.15, -0.1) is 0 Å². The Morgan fingerprint density at radius 2 is 0.932 bits per heavy atom. The third-order valence-corrected chi connectivity index (χ3v) is 12.7. The van der Waals surface area contributed by atoms with E-state index in [9.17, 15) is 19.4 Å². The van der Waals surface area contributed by atoms with Crippen LogP contribution in [-0.2, 0) is 18.4 Å². The first-order valence-corrected chi connectivity index (χ1v) is 27.0. The van der Waals surface area contributed by atoms with Gasteiger partial charge in [0.05, 0.1) is 39.9 Å². The molecule has 0 fully saturated rings. The smallest absolute Gasteiger partial charge is 0.268 e. The number of carbonyl (C=O) groups is 1. The predicted octanol–water partition coefficient (Wildman–Crippen LogP) is 14.1. The third-order valence-electron chi connectivity index (χ3n) is 11.8. The number of likely N-dealkylation sites (N-methyl/N-ethyl adjacent to an activating group) is 1. The number of phosphoric ester groups is 1. The van der Waals surface area contributed by atoms with Crippen molar-refractivity contribution in [1.29, 1.82) is 0 Å². The molecule has 59 heavy (non-hydrogen) atoms.